The van der Waals surface area contributed by atoms with Crippen LogP contribution < -0.4 is 10.1 Å². The Hall–Kier alpha value is -1.84. The number of Topliss-reactive ketones (excluding diaryl/α,β-unsaturated/α-hetero) is 1. The molecule has 0 spiro atoms. The van der Waals surface area contributed by atoms with Crippen molar-refractivity contribution in [2.24, 2.45) is 5.92 Å². The van der Waals surface area contributed by atoms with E-state index in [2.05, 4.69) is 5.32 Å². The number of carbonyl (C=O) groups is 2. The van der Waals surface area contributed by atoms with Crippen LogP contribution in [0.1, 0.15) is 42.6 Å². The van der Waals surface area contributed by atoms with Crippen LogP contribution in [-0.2, 0) is 11.2 Å². The number of hydrogen-bond acceptors (Lipinski definition) is 3. The van der Waals surface area contributed by atoms with Gasteiger partial charge in [-0.2, -0.15) is 0 Å². The van der Waals surface area contributed by atoms with E-state index in [1.165, 1.54) is 0 Å². The summed E-state index contributed by atoms with van der Waals surface area (Å²) < 4.78 is 5.48. The number of rotatable bonds is 5. The van der Waals surface area contributed by atoms with Gasteiger partial charge in [-0.3, -0.25) is 9.59 Å². The third-order valence-electron chi connectivity index (χ3n) is 3.30. The molecular weight excluding hydrogens is 254 g/mol. The fraction of sp³-hybridized carbons (Fsp3) is 0.500. The zero-order valence-electron chi connectivity index (χ0n) is 12.1. The summed E-state index contributed by atoms with van der Waals surface area (Å²) in [4.78, 5) is 23.3. The van der Waals surface area contributed by atoms with Crippen LogP contribution in [0, 0.1) is 5.92 Å². The molecule has 0 unspecified atom stereocenters. The average molecular weight is 275 g/mol. The number of ether oxygens (including phenoxy) is 1. The van der Waals surface area contributed by atoms with Crippen molar-refractivity contribution in [2.75, 3.05) is 13.2 Å². The molecule has 1 amide bonds. The van der Waals surface area contributed by atoms with Crippen LogP contribution in [0.3, 0.4) is 0 Å². The Balaban J connectivity index is 1.91. The summed E-state index contributed by atoms with van der Waals surface area (Å²) in [5, 5.41) is 2.80. The van der Waals surface area contributed by atoms with E-state index in [9.17, 15) is 9.59 Å². The van der Waals surface area contributed by atoms with Gasteiger partial charge in [-0.05, 0) is 42.5 Å². The quantitative estimate of drug-likeness (QED) is 0.897. The highest BCUT2D eigenvalue weighted by Gasteiger charge is 2.17. The first-order valence-electron chi connectivity index (χ1n) is 7.12. The number of hydrogen-bond donors (Lipinski definition) is 1. The lowest BCUT2D eigenvalue weighted by Crippen LogP contribution is -2.31. The Morgan fingerprint density at radius 2 is 2.15 bits per heavy atom. The zero-order valence-corrected chi connectivity index (χ0v) is 12.1. The summed E-state index contributed by atoms with van der Waals surface area (Å²) in [6, 6.07) is 5.44. The molecule has 1 aromatic carbocycles. The third-order valence-corrected chi connectivity index (χ3v) is 3.30. The first kappa shape index (κ1) is 14.6. The SMILES string of the molecule is CC(C)CNC(=O)COc1ccc2c(c1)CCCC2=O. The van der Waals surface area contributed by atoms with Crippen LogP contribution in [0.5, 0.6) is 5.75 Å². The van der Waals surface area contributed by atoms with E-state index in [0.29, 0.717) is 24.6 Å². The molecule has 0 bridgehead atoms. The van der Waals surface area contributed by atoms with Crippen molar-refractivity contribution in [3.8, 4) is 5.75 Å². The summed E-state index contributed by atoms with van der Waals surface area (Å²) in [6.07, 6.45) is 2.42. The second kappa shape index (κ2) is 6.55. The molecule has 0 atom stereocenters. The Kier molecular flexibility index (Phi) is 4.77. The molecule has 2 rings (SSSR count). The number of aryl methyl sites for hydroxylation is 1. The van der Waals surface area contributed by atoms with Crippen molar-refractivity contribution in [1.29, 1.82) is 0 Å². The smallest absolute Gasteiger partial charge is 0.257 e. The first-order chi connectivity index (χ1) is 9.56. The lowest BCUT2D eigenvalue weighted by atomic mass is 9.91. The van der Waals surface area contributed by atoms with Gasteiger partial charge in [0.2, 0.25) is 0 Å². The van der Waals surface area contributed by atoms with E-state index in [-0.39, 0.29) is 18.3 Å². The Morgan fingerprint density at radius 3 is 2.90 bits per heavy atom. The Bertz CT molecular complexity index is 508. The molecule has 108 valence electrons. The molecular formula is C16H21NO3. The van der Waals surface area contributed by atoms with Gasteiger partial charge in [0.25, 0.3) is 5.91 Å². The van der Waals surface area contributed by atoms with Crippen molar-refractivity contribution in [3.63, 3.8) is 0 Å². The van der Waals surface area contributed by atoms with E-state index >= 15 is 0 Å². The van der Waals surface area contributed by atoms with Gasteiger partial charge in [0, 0.05) is 18.5 Å². The van der Waals surface area contributed by atoms with Gasteiger partial charge in [-0.1, -0.05) is 13.8 Å². The van der Waals surface area contributed by atoms with Crippen LogP contribution >= 0.6 is 0 Å². The van der Waals surface area contributed by atoms with Crippen molar-refractivity contribution in [1.82, 2.24) is 5.32 Å². The maximum Gasteiger partial charge on any atom is 0.257 e. The summed E-state index contributed by atoms with van der Waals surface area (Å²) in [7, 11) is 0. The maximum absolute atomic E-state index is 11.7. The van der Waals surface area contributed by atoms with Gasteiger partial charge in [-0.15, -0.1) is 0 Å². The van der Waals surface area contributed by atoms with Crippen molar-refractivity contribution in [2.45, 2.75) is 33.1 Å². The van der Waals surface area contributed by atoms with Gasteiger partial charge < -0.3 is 10.1 Å². The maximum atomic E-state index is 11.7. The predicted molar refractivity (Wildman–Crippen MR) is 77.1 cm³/mol. The van der Waals surface area contributed by atoms with Crippen LogP contribution in [0.2, 0.25) is 0 Å². The number of amides is 1. The Morgan fingerprint density at radius 1 is 1.35 bits per heavy atom. The molecule has 0 heterocycles. The third kappa shape index (κ3) is 3.83. The molecule has 1 N–H and O–H groups in total. The van der Waals surface area contributed by atoms with Gasteiger partial charge in [0.05, 0.1) is 0 Å². The summed E-state index contributed by atoms with van der Waals surface area (Å²) in [6.45, 7) is 4.75. The van der Waals surface area contributed by atoms with E-state index in [1.807, 2.05) is 19.9 Å². The van der Waals surface area contributed by atoms with Gasteiger partial charge in [0.15, 0.2) is 12.4 Å². The highest BCUT2D eigenvalue weighted by atomic mass is 16.5. The summed E-state index contributed by atoms with van der Waals surface area (Å²) >= 11 is 0. The fourth-order valence-electron chi connectivity index (χ4n) is 2.23. The largest absolute Gasteiger partial charge is 0.484 e. The van der Waals surface area contributed by atoms with Gasteiger partial charge in [0.1, 0.15) is 5.75 Å². The highest BCUT2D eigenvalue weighted by molar-refractivity contribution is 5.98. The molecule has 20 heavy (non-hydrogen) atoms. The number of fused-ring (bicyclic) bond motifs is 1. The number of carbonyl (C=O) groups excluding carboxylic acids is 2. The summed E-state index contributed by atoms with van der Waals surface area (Å²) in [5.74, 6) is 1.16. The van der Waals surface area contributed by atoms with Crippen LogP contribution in [0.4, 0.5) is 0 Å². The number of nitrogens with one attached hydrogen (secondary N) is 1. The normalized spacial score (nSPS) is 14.1. The second-order valence-corrected chi connectivity index (χ2v) is 5.58. The molecule has 4 heteroatoms. The van der Waals surface area contributed by atoms with E-state index in [4.69, 9.17) is 4.74 Å². The molecule has 1 aliphatic carbocycles. The van der Waals surface area contributed by atoms with Gasteiger partial charge >= 0.3 is 0 Å². The van der Waals surface area contributed by atoms with Gasteiger partial charge in [-0.25, -0.2) is 0 Å². The van der Waals surface area contributed by atoms with E-state index in [0.717, 1.165) is 24.0 Å². The minimum atomic E-state index is -0.118. The molecule has 4 nitrogen and oxygen atoms in total. The second-order valence-electron chi connectivity index (χ2n) is 5.58. The molecule has 0 radical (unpaired) electrons. The van der Waals surface area contributed by atoms with Crippen LogP contribution in [0.25, 0.3) is 0 Å². The minimum Gasteiger partial charge on any atom is -0.484 e. The van der Waals surface area contributed by atoms with E-state index < -0.39 is 0 Å². The highest BCUT2D eigenvalue weighted by Crippen LogP contribution is 2.25. The van der Waals surface area contributed by atoms with E-state index in [1.54, 1.807) is 12.1 Å². The predicted octanol–water partition coefficient (Wildman–Crippen LogP) is 2.36. The molecule has 0 aromatic heterocycles. The number of benzene rings is 1. The number of ketones is 1. The topological polar surface area (TPSA) is 55.4 Å². The lowest BCUT2D eigenvalue weighted by molar-refractivity contribution is -0.123. The Labute approximate surface area is 119 Å². The molecule has 0 fully saturated rings. The molecule has 0 saturated carbocycles. The van der Waals surface area contributed by atoms with Crippen LogP contribution in [-0.4, -0.2) is 24.8 Å². The average Bonchev–Trinajstić information content (AvgIpc) is 2.43. The minimum absolute atomic E-state index is 0.0133. The lowest BCUT2D eigenvalue weighted by Gasteiger charge is -2.16. The van der Waals surface area contributed by atoms with Crippen molar-refractivity contribution >= 4 is 11.7 Å². The molecule has 0 aliphatic heterocycles. The molecule has 1 aliphatic rings. The molecule has 0 saturated heterocycles. The van der Waals surface area contributed by atoms with Crippen LogP contribution in [0.15, 0.2) is 18.2 Å². The monoisotopic (exact) mass is 275 g/mol. The zero-order chi connectivity index (χ0) is 14.5. The van der Waals surface area contributed by atoms with Crippen molar-refractivity contribution < 1.29 is 14.3 Å². The summed E-state index contributed by atoms with van der Waals surface area (Å²) in [5.41, 5.74) is 1.83. The standard InChI is InChI=1S/C16H21NO3/c1-11(2)9-17-16(19)10-20-13-6-7-14-12(8-13)4-3-5-15(14)18/h6-8,11H,3-5,9-10H2,1-2H3,(H,17,19). The molecule has 1 aromatic rings. The van der Waals surface area contributed by atoms with Crippen molar-refractivity contribution in [3.05, 3.63) is 29.3 Å². The fourth-order valence-corrected chi connectivity index (χ4v) is 2.23. The first-order valence-corrected chi connectivity index (χ1v) is 7.12.